The van der Waals surface area contributed by atoms with Crippen molar-refractivity contribution in [2.24, 2.45) is 0 Å². The van der Waals surface area contributed by atoms with Crippen LogP contribution in [-0.2, 0) is 6.18 Å². The number of ether oxygens (including phenoxy) is 1. The zero-order valence-corrected chi connectivity index (χ0v) is 12.0. The van der Waals surface area contributed by atoms with Crippen LogP contribution in [0, 0.1) is 0 Å². The van der Waals surface area contributed by atoms with Crippen LogP contribution in [0.1, 0.15) is 5.56 Å². The highest BCUT2D eigenvalue weighted by Crippen LogP contribution is 2.35. The van der Waals surface area contributed by atoms with Gasteiger partial charge in [0, 0.05) is 5.39 Å². The largest absolute Gasteiger partial charge is 0.449 e. The van der Waals surface area contributed by atoms with Crippen LogP contribution < -0.4 is 4.74 Å². The molecule has 2 aromatic heterocycles. The van der Waals surface area contributed by atoms with Crippen molar-refractivity contribution < 1.29 is 22.3 Å². The van der Waals surface area contributed by atoms with Crippen molar-refractivity contribution >= 4 is 22.1 Å². The Kier molecular flexibility index (Phi) is 3.16. The van der Waals surface area contributed by atoms with Crippen LogP contribution in [0.3, 0.4) is 0 Å². The van der Waals surface area contributed by atoms with Crippen LogP contribution >= 0.6 is 0 Å². The predicted octanol–water partition coefficient (Wildman–Crippen LogP) is 5.19. The Balaban J connectivity index is 1.80. The Morgan fingerprint density at radius 2 is 1.79 bits per heavy atom. The summed E-state index contributed by atoms with van der Waals surface area (Å²) in [6, 6.07) is 11.8. The number of para-hydroxylation sites is 1. The maximum atomic E-state index is 12.8. The number of alkyl halides is 3. The molecule has 0 radical (unpaired) electrons. The molecule has 0 saturated heterocycles. The van der Waals surface area contributed by atoms with E-state index >= 15 is 0 Å². The van der Waals surface area contributed by atoms with Crippen LogP contribution in [0.4, 0.5) is 13.2 Å². The molecule has 0 aliphatic rings. The molecule has 0 bridgehead atoms. The Hall–Kier alpha value is -3.09. The molecule has 0 aliphatic heterocycles. The molecule has 0 atom stereocenters. The van der Waals surface area contributed by atoms with Gasteiger partial charge in [-0.05, 0) is 30.3 Å². The summed E-state index contributed by atoms with van der Waals surface area (Å²) in [5.41, 5.74) is 0.635. The second kappa shape index (κ2) is 5.23. The van der Waals surface area contributed by atoms with Crippen LogP contribution in [0.5, 0.6) is 11.6 Å². The number of hydrogen-bond acceptors (Lipinski definition) is 4. The van der Waals surface area contributed by atoms with Crippen molar-refractivity contribution in [3.05, 3.63) is 60.4 Å². The fourth-order valence-corrected chi connectivity index (χ4v) is 2.42. The van der Waals surface area contributed by atoms with Gasteiger partial charge in [0.2, 0.25) is 5.58 Å². The summed E-state index contributed by atoms with van der Waals surface area (Å²) in [7, 11) is 0. The third kappa shape index (κ3) is 2.44. The van der Waals surface area contributed by atoms with Gasteiger partial charge < -0.3 is 9.15 Å². The summed E-state index contributed by atoms with van der Waals surface area (Å²) in [5.74, 6) is 0.0841. The molecule has 0 aliphatic carbocycles. The minimum absolute atomic E-state index is 0.0188. The molecule has 0 fully saturated rings. The highest BCUT2D eigenvalue weighted by atomic mass is 19.4. The van der Waals surface area contributed by atoms with Gasteiger partial charge in [0.25, 0.3) is 5.88 Å². The van der Waals surface area contributed by atoms with Crippen molar-refractivity contribution in [2.75, 3.05) is 0 Å². The van der Waals surface area contributed by atoms with Crippen LogP contribution in [0.15, 0.2) is 59.3 Å². The monoisotopic (exact) mass is 330 g/mol. The van der Waals surface area contributed by atoms with E-state index in [1.54, 1.807) is 6.07 Å². The summed E-state index contributed by atoms with van der Waals surface area (Å²) in [6.45, 7) is 0. The quantitative estimate of drug-likeness (QED) is 0.508. The van der Waals surface area contributed by atoms with E-state index < -0.39 is 11.7 Å². The molecule has 2 aromatic carbocycles. The molecule has 4 nitrogen and oxygen atoms in total. The van der Waals surface area contributed by atoms with Crippen LogP contribution in [0.2, 0.25) is 0 Å². The molecule has 4 rings (SSSR count). The number of fused-ring (bicyclic) bond motifs is 3. The number of aromatic nitrogens is 2. The van der Waals surface area contributed by atoms with E-state index in [9.17, 15) is 13.2 Å². The van der Waals surface area contributed by atoms with Gasteiger partial charge in [-0.2, -0.15) is 18.2 Å². The minimum atomic E-state index is -4.44. The van der Waals surface area contributed by atoms with Gasteiger partial charge in [-0.15, -0.1) is 0 Å². The number of furan rings is 1. The van der Waals surface area contributed by atoms with Crippen molar-refractivity contribution in [3.63, 3.8) is 0 Å². The molecule has 4 aromatic rings. The molecule has 120 valence electrons. The molecule has 0 N–H and O–H groups in total. The maximum absolute atomic E-state index is 12.8. The van der Waals surface area contributed by atoms with E-state index in [1.165, 1.54) is 18.5 Å². The van der Waals surface area contributed by atoms with Crippen molar-refractivity contribution in [1.29, 1.82) is 0 Å². The first-order valence-electron chi connectivity index (χ1n) is 7.00. The predicted molar refractivity (Wildman–Crippen MR) is 80.8 cm³/mol. The Bertz CT molecular complexity index is 1040. The third-order valence-corrected chi connectivity index (χ3v) is 3.50. The lowest BCUT2D eigenvalue weighted by Crippen LogP contribution is -2.04. The van der Waals surface area contributed by atoms with Gasteiger partial charge >= 0.3 is 6.18 Å². The Labute approximate surface area is 133 Å². The van der Waals surface area contributed by atoms with E-state index in [0.29, 0.717) is 11.1 Å². The Morgan fingerprint density at radius 1 is 0.958 bits per heavy atom. The van der Waals surface area contributed by atoms with Crippen LogP contribution in [-0.4, -0.2) is 9.97 Å². The minimum Gasteiger partial charge on any atom is -0.449 e. The Morgan fingerprint density at radius 3 is 2.62 bits per heavy atom. The summed E-state index contributed by atoms with van der Waals surface area (Å²) < 4.78 is 49.6. The summed E-state index contributed by atoms with van der Waals surface area (Å²) in [4.78, 5) is 8.14. The van der Waals surface area contributed by atoms with E-state index in [-0.39, 0.29) is 17.2 Å². The van der Waals surface area contributed by atoms with Gasteiger partial charge in [-0.25, -0.2) is 4.98 Å². The second-order valence-corrected chi connectivity index (χ2v) is 5.08. The van der Waals surface area contributed by atoms with Gasteiger partial charge in [-0.1, -0.05) is 18.2 Å². The number of benzene rings is 2. The molecule has 24 heavy (non-hydrogen) atoms. The average molecular weight is 330 g/mol. The molecule has 0 unspecified atom stereocenters. The molecular weight excluding hydrogens is 321 g/mol. The lowest BCUT2D eigenvalue weighted by atomic mass is 10.2. The highest BCUT2D eigenvalue weighted by Gasteiger charge is 2.30. The van der Waals surface area contributed by atoms with Crippen molar-refractivity contribution in [2.45, 2.75) is 6.18 Å². The standard InChI is InChI=1S/C17H9F3N2O2/c18-17(19,20)10-4-3-5-11(8-10)23-16-15-14(21-9-22-16)12-6-1-2-7-13(12)24-15/h1-9H. The van der Waals surface area contributed by atoms with Crippen LogP contribution in [0.25, 0.3) is 22.1 Å². The maximum Gasteiger partial charge on any atom is 0.416 e. The molecule has 0 spiro atoms. The molecule has 0 saturated carbocycles. The normalized spacial score (nSPS) is 12.0. The zero-order chi connectivity index (χ0) is 16.7. The summed E-state index contributed by atoms with van der Waals surface area (Å²) >= 11 is 0. The van der Waals surface area contributed by atoms with Gasteiger partial charge in [0.15, 0.2) is 0 Å². The lowest BCUT2D eigenvalue weighted by molar-refractivity contribution is -0.137. The first kappa shape index (κ1) is 14.5. The molecular formula is C17H9F3N2O2. The van der Waals surface area contributed by atoms with E-state index in [1.807, 2.05) is 18.2 Å². The fraction of sp³-hybridized carbons (Fsp3) is 0.0588. The molecule has 2 heterocycles. The SMILES string of the molecule is FC(F)(F)c1cccc(Oc2ncnc3c2oc2ccccc23)c1. The smallest absolute Gasteiger partial charge is 0.416 e. The number of rotatable bonds is 2. The first-order chi connectivity index (χ1) is 11.5. The van der Waals surface area contributed by atoms with Crippen molar-refractivity contribution in [1.82, 2.24) is 9.97 Å². The summed E-state index contributed by atoms with van der Waals surface area (Å²) in [6.07, 6.45) is -3.16. The first-order valence-corrected chi connectivity index (χ1v) is 7.00. The summed E-state index contributed by atoms with van der Waals surface area (Å²) in [5, 5.41) is 0.781. The van der Waals surface area contributed by atoms with E-state index in [0.717, 1.165) is 17.5 Å². The van der Waals surface area contributed by atoms with Gasteiger partial charge in [0.05, 0.1) is 5.56 Å². The fourth-order valence-electron chi connectivity index (χ4n) is 2.42. The average Bonchev–Trinajstić information content (AvgIpc) is 2.94. The highest BCUT2D eigenvalue weighted by molar-refractivity contribution is 6.03. The number of nitrogens with zero attached hydrogens (tertiary/aromatic N) is 2. The van der Waals surface area contributed by atoms with E-state index in [2.05, 4.69) is 9.97 Å². The number of halogens is 3. The topological polar surface area (TPSA) is 48.2 Å². The van der Waals surface area contributed by atoms with E-state index in [4.69, 9.17) is 9.15 Å². The van der Waals surface area contributed by atoms with Crippen molar-refractivity contribution in [3.8, 4) is 11.6 Å². The number of hydrogen-bond donors (Lipinski definition) is 0. The molecule has 7 heteroatoms. The second-order valence-electron chi connectivity index (χ2n) is 5.08. The van der Waals surface area contributed by atoms with Gasteiger partial charge in [-0.3, -0.25) is 0 Å². The zero-order valence-electron chi connectivity index (χ0n) is 12.0. The van der Waals surface area contributed by atoms with Gasteiger partial charge in [0.1, 0.15) is 23.2 Å². The lowest BCUT2D eigenvalue weighted by Gasteiger charge is -2.09. The third-order valence-electron chi connectivity index (χ3n) is 3.50. The molecule has 0 amide bonds.